The second-order valence-electron chi connectivity index (χ2n) is 8.67. The second kappa shape index (κ2) is 8.93. The normalized spacial score (nSPS) is 31.2. The van der Waals surface area contributed by atoms with Crippen molar-refractivity contribution in [3.63, 3.8) is 0 Å². The first-order valence-corrected chi connectivity index (χ1v) is 11.0. The Morgan fingerprint density at radius 2 is 2.17 bits per heavy atom. The Hall–Kier alpha value is -1.77. The van der Waals surface area contributed by atoms with Crippen LogP contribution >= 0.6 is 0 Å². The van der Waals surface area contributed by atoms with Crippen LogP contribution in [0.4, 0.5) is 0 Å². The van der Waals surface area contributed by atoms with Gasteiger partial charge in [-0.05, 0) is 44.7 Å². The number of piperidine rings is 1. The minimum atomic E-state index is -0.335. The number of carbonyl (C=O) groups is 1. The van der Waals surface area contributed by atoms with Crippen LogP contribution in [0.2, 0.25) is 0 Å². The number of rotatable bonds is 5. The lowest BCUT2D eigenvalue weighted by Crippen LogP contribution is -2.60. The summed E-state index contributed by atoms with van der Waals surface area (Å²) in [5.74, 6) is 0.530. The van der Waals surface area contributed by atoms with Crippen molar-refractivity contribution in [3.8, 4) is 0 Å². The summed E-state index contributed by atoms with van der Waals surface area (Å²) < 4.78 is 5.52. The molecule has 0 unspecified atom stereocenters. The van der Waals surface area contributed by atoms with Gasteiger partial charge in [-0.25, -0.2) is 4.98 Å². The van der Waals surface area contributed by atoms with E-state index in [1.807, 2.05) is 0 Å². The Morgan fingerprint density at radius 3 is 2.93 bits per heavy atom. The minimum Gasteiger partial charge on any atom is -0.379 e. The smallest absolute Gasteiger partial charge is 0.250 e. The van der Waals surface area contributed by atoms with E-state index in [4.69, 9.17) is 4.74 Å². The van der Waals surface area contributed by atoms with Crippen molar-refractivity contribution in [1.82, 2.24) is 25.1 Å². The molecule has 0 spiro atoms. The molecule has 29 heavy (non-hydrogen) atoms. The zero-order chi connectivity index (χ0) is 20.3. The summed E-state index contributed by atoms with van der Waals surface area (Å²) >= 11 is 0. The van der Waals surface area contributed by atoms with Crippen LogP contribution in [0, 0.1) is 11.3 Å². The number of amides is 1. The van der Waals surface area contributed by atoms with Crippen LogP contribution in [0.15, 0.2) is 17.2 Å². The first kappa shape index (κ1) is 20.5. The molecule has 8 heteroatoms. The monoisotopic (exact) mass is 403 g/mol. The lowest BCUT2D eigenvalue weighted by Gasteiger charge is -2.53. The molecule has 3 heterocycles. The third-order valence-corrected chi connectivity index (χ3v) is 7.19. The van der Waals surface area contributed by atoms with Crippen molar-refractivity contribution >= 4 is 5.91 Å². The summed E-state index contributed by atoms with van der Waals surface area (Å²) in [6.45, 7) is 9.00. The number of nitrogens with one attached hydrogen (secondary N) is 2. The zero-order valence-corrected chi connectivity index (χ0v) is 17.4. The number of morpholine rings is 1. The van der Waals surface area contributed by atoms with Crippen LogP contribution in [-0.2, 0) is 16.1 Å². The van der Waals surface area contributed by atoms with Gasteiger partial charge < -0.3 is 19.9 Å². The highest BCUT2D eigenvalue weighted by Crippen LogP contribution is 2.47. The molecule has 0 aromatic carbocycles. The van der Waals surface area contributed by atoms with Gasteiger partial charge in [0.05, 0.1) is 37.2 Å². The fourth-order valence-corrected chi connectivity index (χ4v) is 5.49. The number of nitrogens with zero attached hydrogens (tertiary/aromatic N) is 3. The molecule has 0 radical (unpaired) electrons. The molecule has 3 atom stereocenters. The van der Waals surface area contributed by atoms with Gasteiger partial charge in [-0.2, -0.15) is 0 Å². The van der Waals surface area contributed by atoms with E-state index in [0.29, 0.717) is 24.2 Å². The molecule has 1 aliphatic carbocycles. The molecular formula is C21H33N5O3. The van der Waals surface area contributed by atoms with E-state index in [-0.39, 0.29) is 16.9 Å². The van der Waals surface area contributed by atoms with Gasteiger partial charge in [0.1, 0.15) is 0 Å². The lowest BCUT2D eigenvalue weighted by atomic mass is 9.61. The molecular weight excluding hydrogens is 370 g/mol. The highest BCUT2D eigenvalue weighted by atomic mass is 16.5. The number of carbonyl (C=O) groups excluding carboxylic acids is 1. The molecule has 0 bridgehead atoms. The van der Waals surface area contributed by atoms with Gasteiger partial charge in [0.25, 0.3) is 5.56 Å². The van der Waals surface area contributed by atoms with Gasteiger partial charge in [0.15, 0.2) is 0 Å². The molecule has 2 aliphatic heterocycles. The quantitative estimate of drug-likeness (QED) is 0.748. The van der Waals surface area contributed by atoms with Gasteiger partial charge in [0.2, 0.25) is 5.91 Å². The van der Waals surface area contributed by atoms with Crippen molar-refractivity contribution < 1.29 is 9.53 Å². The van der Waals surface area contributed by atoms with Crippen LogP contribution in [0.5, 0.6) is 0 Å². The Kier molecular flexibility index (Phi) is 6.32. The van der Waals surface area contributed by atoms with Crippen LogP contribution < -0.4 is 10.9 Å². The van der Waals surface area contributed by atoms with E-state index in [0.717, 1.165) is 71.6 Å². The number of aromatic nitrogens is 2. The van der Waals surface area contributed by atoms with Gasteiger partial charge in [0, 0.05) is 31.7 Å². The van der Waals surface area contributed by atoms with Crippen molar-refractivity contribution in [1.29, 1.82) is 0 Å². The van der Waals surface area contributed by atoms with Crippen LogP contribution in [0.1, 0.15) is 38.3 Å². The number of fused-ring (bicyclic) bond motifs is 1. The van der Waals surface area contributed by atoms with E-state index in [1.165, 1.54) is 12.4 Å². The summed E-state index contributed by atoms with van der Waals surface area (Å²) in [5, 5.41) is 3.11. The average Bonchev–Trinajstić information content (AvgIpc) is 2.77. The highest BCUT2D eigenvalue weighted by Gasteiger charge is 2.52. The third-order valence-electron chi connectivity index (χ3n) is 7.19. The fourth-order valence-electron chi connectivity index (χ4n) is 5.49. The Balaban J connectivity index is 1.47. The fraction of sp³-hybridized carbons (Fsp3) is 0.762. The SMILES string of the molecule is CCN1CC[C@@H]2C[C@@H](N3CCOCC3)CC[C@@]2(C(=O)NCc2cc(=O)[nH]cn2)C1. The van der Waals surface area contributed by atoms with Crippen LogP contribution in [0.25, 0.3) is 0 Å². The predicted molar refractivity (Wildman–Crippen MR) is 109 cm³/mol. The second-order valence-corrected chi connectivity index (χ2v) is 8.67. The third kappa shape index (κ3) is 4.39. The standard InChI is InChI=1S/C21H33N5O3/c1-2-25-6-4-16-11-18(26-7-9-29-10-8-26)3-5-21(16,14-25)20(28)22-13-17-12-19(27)24-15-23-17/h12,15-16,18H,2-11,13-14H2,1H3,(H,22,28)(H,23,24,27)/t16-,18+,21-/m1/s1. The number of hydrogen-bond acceptors (Lipinski definition) is 6. The summed E-state index contributed by atoms with van der Waals surface area (Å²) in [7, 11) is 0. The molecule has 1 saturated carbocycles. The average molecular weight is 404 g/mol. The molecule has 1 aromatic rings. The number of H-pyrrole nitrogens is 1. The predicted octanol–water partition coefficient (Wildman–Crippen LogP) is 0.599. The molecule has 2 saturated heterocycles. The molecule has 4 rings (SSSR count). The van der Waals surface area contributed by atoms with Crippen molar-refractivity contribution in [2.24, 2.45) is 11.3 Å². The number of ether oxygens (including phenoxy) is 1. The highest BCUT2D eigenvalue weighted by molar-refractivity contribution is 5.83. The van der Waals surface area contributed by atoms with Gasteiger partial charge >= 0.3 is 0 Å². The topological polar surface area (TPSA) is 90.6 Å². The Bertz CT molecular complexity index is 763. The van der Waals surface area contributed by atoms with Crippen molar-refractivity contribution in [3.05, 3.63) is 28.4 Å². The molecule has 3 fully saturated rings. The zero-order valence-electron chi connectivity index (χ0n) is 17.4. The molecule has 8 nitrogen and oxygen atoms in total. The number of hydrogen-bond donors (Lipinski definition) is 2. The van der Waals surface area contributed by atoms with Gasteiger partial charge in [-0.3, -0.25) is 14.5 Å². The van der Waals surface area contributed by atoms with E-state index in [9.17, 15) is 9.59 Å². The molecule has 1 aromatic heterocycles. The first-order chi connectivity index (χ1) is 14.1. The Morgan fingerprint density at radius 1 is 1.34 bits per heavy atom. The first-order valence-electron chi connectivity index (χ1n) is 11.0. The largest absolute Gasteiger partial charge is 0.379 e. The number of likely N-dealkylation sites (tertiary alicyclic amines) is 1. The van der Waals surface area contributed by atoms with Gasteiger partial charge in [-0.15, -0.1) is 0 Å². The lowest BCUT2D eigenvalue weighted by molar-refractivity contribution is -0.145. The van der Waals surface area contributed by atoms with E-state index >= 15 is 0 Å². The van der Waals surface area contributed by atoms with E-state index in [1.54, 1.807) is 0 Å². The molecule has 3 aliphatic rings. The van der Waals surface area contributed by atoms with E-state index in [2.05, 4.69) is 32.0 Å². The number of aromatic amines is 1. The minimum absolute atomic E-state index is 0.128. The molecule has 160 valence electrons. The maximum Gasteiger partial charge on any atom is 0.250 e. The summed E-state index contributed by atoms with van der Waals surface area (Å²) in [6.07, 6.45) is 5.53. The van der Waals surface area contributed by atoms with Crippen LogP contribution in [-0.4, -0.2) is 77.7 Å². The van der Waals surface area contributed by atoms with Gasteiger partial charge in [-0.1, -0.05) is 6.92 Å². The summed E-state index contributed by atoms with van der Waals surface area (Å²) in [6, 6.07) is 2.01. The maximum absolute atomic E-state index is 13.5. The van der Waals surface area contributed by atoms with Crippen LogP contribution in [0.3, 0.4) is 0 Å². The van der Waals surface area contributed by atoms with Crippen molar-refractivity contribution in [2.75, 3.05) is 45.9 Å². The summed E-state index contributed by atoms with van der Waals surface area (Å²) in [5.41, 5.74) is 0.0689. The maximum atomic E-state index is 13.5. The molecule has 2 N–H and O–H groups in total. The van der Waals surface area contributed by atoms with E-state index < -0.39 is 0 Å². The summed E-state index contributed by atoms with van der Waals surface area (Å²) in [4.78, 5) is 36.6. The van der Waals surface area contributed by atoms with Crippen molar-refractivity contribution in [2.45, 2.75) is 45.2 Å². The molecule has 1 amide bonds. The Labute approximate surface area is 172 Å².